The summed E-state index contributed by atoms with van der Waals surface area (Å²) in [5.41, 5.74) is 6.86. The molecule has 0 spiro atoms. The number of carboxylic acids is 2. The van der Waals surface area contributed by atoms with Crippen LogP contribution in [0.1, 0.15) is 18.9 Å². The highest BCUT2D eigenvalue weighted by Gasteiger charge is 2.30. The van der Waals surface area contributed by atoms with Crippen LogP contribution in [0.5, 0.6) is 0 Å². The van der Waals surface area contributed by atoms with Gasteiger partial charge in [0.15, 0.2) is 0 Å². The molecule has 0 fully saturated rings. The van der Waals surface area contributed by atoms with Gasteiger partial charge in [-0.25, -0.2) is 0 Å². The zero-order chi connectivity index (χ0) is 23.8. The van der Waals surface area contributed by atoms with Gasteiger partial charge in [0, 0.05) is 23.5 Å². The highest BCUT2D eigenvalue weighted by Crippen LogP contribution is 2.19. The molecule has 1 aromatic carbocycles. The summed E-state index contributed by atoms with van der Waals surface area (Å²) in [5, 5.41) is 25.7. The van der Waals surface area contributed by atoms with Gasteiger partial charge in [-0.2, -0.15) is 0 Å². The fourth-order valence-corrected chi connectivity index (χ4v) is 3.01. The van der Waals surface area contributed by atoms with E-state index in [9.17, 15) is 24.0 Å². The molecule has 3 amide bonds. The number of H-pyrrole nitrogens is 1. The molecule has 172 valence electrons. The summed E-state index contributed by atoms with van der Waals surface area (Å²) in [7, 11) is 0. The van der Waals surface area contributed by atoms with Crippen LogP contribution in [0.25, 0.3) is 10.9 Å². The Bertz CT molecular complexity index is 1020. The van der Waals surface area contributed by atoms with Gasteiger partial charge < -0.3 is 36.9 Å². The first kappa shape index (κ1) is 24.3. The number of hydrogen-bond donors (Lipinski definition) is 7. The van der Waals surface area contributed by atoms with Crippen molar-refractivity contribution in [2.45, 2.75) is 37.9 Å². The Hall–Kier alpha value is -3.93. The molecule has 0 aliphatic rings. The molecule has 0 aliphatic carbocycles. The van der Waals surface area contributed by atoms with E-state index < -0.39 is 54.2 Å². The fourth-order valence-electron chi connectivity index (χ4n) is 3.01. The van der Waals surface area contributed by atoms with E-state index in [-0.39, 0.29) is 13.0 Å². The molecule has 32 heavy (non-hydrogen) atoms. The molecule has 0 aliphatic heterocycles. The summed E-state index contributed by atoms with van der Waals surface area (Å²) in [5.74, 6) is -5.13. The van der Waals surface area contributed by atoms with Gasteiger partial charge in [0.25, 0.3) is 0 Å². The van der Waals surface area contributed by atoms with Crippen LogP contribution in [-0.4, -0.2) is 69.5 Å². The van der Waals surface area contributed by atoms with Crippen LogP contribution < -0.4 is 21.7 Å². The molecule has 2 rings (SSSR count). The van der Waals surface area contributed by atoms with Crippen molar-refractivity contribution in [3.8, 4) is 0 Å². The Morgan fingerprint density at radius 1 is 1.00 bits per heavy atom. The highest BCUT2D eigenvalue weighted by atomic mass is 16.4. The zero-order valence-corrected chi connectivity index (χ0v) is 17.3. The van der Waals surface area contributed by atoms with Crippen LogP contribution in [0.4, 0.5) is 0 Å². The molecule has 0 saturated heterocycles. The van der Waals surface area contributed by atoms with E-state index >= 15 is 0 Å². The number of carbonyl (C=O) groups excluding carboxylic acids is 3. The van der Waals surface area contributed by atoms with E-state index in [1.807, 2.05) is 24.3 Å². The number of carbonyl (C=O) groups is 5. The largest absolute Gasteiger partial charge is 0.481 e. The molecule has 1 aromatic heterocycles. The molecule has 0 radical (unpaired) electrons. The maximum Gasteiger partial charge on any atom is 0.325 e. The summed E-state index contributed by atoms with van der Waals surface area (Å²) in [6, 6.07) is 3.29. The number of hydrogen-bond acceptors (Lipinski definition) is 6. The number of fused-ring (bicyclic) bond motifs is 1. The third kappa shape index (κ3) is 6.54. The summed E-state index contributed by atoms with van der Waals surface area (Å²) in [4.78, 5) is 62.3. The minimum atomic E-state index is -1.55. The number of carboxylic acid groups (broad SMARTS) is 2. The van der Waals surface area contributed by atoms with Gasteiger partial charge >= 0.3 is 11.9 Å². The number of nitrogens with one attached hydrogen (secondary N) is 4. The maximum atomic E-state index is 12.9. The van der Waals surface area contributed by atoms with Gasteiger partial charge in [-0.15, -0.1) is 0 Å². The monoisotopic (exact) mass is 447 g/mol. The van der Waals surface area contributed by atoms with Crippen LogP contribution in [0.2, 0.25) is 0 Å². The van der Waals surface area contributed by atoms with Gasteiger partial charge in [0.1, 0.15) is 18.1 Å². The predicted octanol–water partition coefficient (Wildman–Crippen LogP) is -1.30. The summed E-state index contributed by atoms with van der Waals surface area (Å²) in [6.45, 7) is 0.813. The summed E-state index contributed by atoms with van der Waals surface area (Å²) >= 11 is 0. The molecular weight excluding hydrogens is 422 g/mol. The van der Waals surface area contributed by atoms with E-state index in [1.54, 1.807) is 6.20 Å². The number of amides is 3. The van der Waals surface area contributed by atoms with Crippen molar-refractivity contribution >= 4 is 40.6 Å². The first-order chi connectivity index (χ1) is 15.1. The van der Waals surface area contributed by atoms with Crippen LogP contribution in [0.3, 0.4) is 0 Å². The van der Waals surface area contributed by atoms with E-state index in [2.05, 4.69) is 20.9 Å². The van der Waals surface area contributed by atoms with Crippen molar-refractivity contribution in [3.63, 3.8) is 0 Å². The average molecular weight is 447 g/mol. The Morgan fingerprint density at radius 3 is 2.28 bits per heavy atom. The number of benzene rings is 1. The number of para-hydroxylation sites is 1. The van der Waals surface area contributed by atoms with Gasteiger partial charge in [0.05, 0.1) is 13.0 Å². The van der Waals surface area contributed by atoms with Gasteiger partial charge in [0.2, 0.25) is 17.7 Å². The smallest absolute Gasteiger partial charge is 0.325 e. The van der Waals surface area contributed by atoms with Crippen LogP contribution in [0, 0.1) is 0 Å². The second-order valence-corrected chi connectivity index (χ2v) is 7.12. The number of aromatic nitrogens is 1. The number of nitrogens with two attached hydrogens (primary N) is 1. The minimum absolute atomic E-state index is 0.0362. The SMILES string of the molecule is CC(NC(=O)C(CC(=O)O)NC(=O)C(Cc1c[nH]c2ccccc12)NC(=O)CN)C(=O)O. The molecule has 0 bridgehead atoms. The highest BCUT2D eigenvalue weighted by molar-refractivity contribution is 5.95. The van der Waals surface area contributed by atoms with Crippen LogP contribution in [0.15, 0.2) is 30.5 Å². The quantitative estimate of drug-likeness (QED) is 0.220. The molecule has 0 saturated carbocycles. The van der Waals surface area contributed by atoms with Crippen molar-refractivity contribution in [2.24, 2.45) is 5.73 Å². The Balaban J connectivity index is 2.23. The Kier molecular flexibility index (Phi) is 8.30. The van der Waals surface area contributed by atoms with Gasteiger partial charge in [-0.1, -0.05) is 18.2 Å². The second kappa shape index (κ2) is 10.9. The minimum Gasteiger partial charge on any atom is -0.481 e. The van der Waals surface area contributed by atoms with E-state index in [0.717, 1.165) is 10.9 Å². The lowest BCUT2D eigenvalue weighted by Gasteiger charge is -2.23. The normalized spacial score (nSPS) is 13.6. The molecule has 3 unspecified atom stereocenters. The lowest BCUT2D eigenvalue weighted by atomic mass is 10.0. The molecule has 3 atom stereocenters. The van der Waals surface area contributed by atoms with Crippen molar-refractivity contribution in [3.05, 3.63) is 36.0 Å². The number of rotatable bonds is 11. The topological polar surface area (TPSA) is 204 Å². The van der Waals surface area contributed by atoms with Crippen molar-refractivity contribution in [1.82, 2.24) is 20.9 Å². The Labute approximate surface area is 182 Å². The molecule has 8 N–H and O–H groups in total. The molecule has 2 aromatic rings. The van der Waals surface area contributed by atoms with E-state index in [4.69, 9.17) is 15.9 Å². The predicted molar refractivity (Wildman–Crippen MR) is 112 cm³/mol. The third-order valence-corrected chi connectivity index (χ3v) is 4.68. The average Bonchev–Trinajstić information content (AvgIpc) is 3.15. The molecule has 12 nitrogen and oxygen atoms in total. The third-order valence-electron chi connectivity index (χ3n) is 4.68. The second-order valence-electron chi connectivity index (χ2n) is 7.12. The van der Waals surface area contributed by atoms with Crippen molar-refractivity contribution in [2.75, 3.05) is 6.54 Å². The number of aliphatic carboxylic acids is 2. The van der Waals surface area contributed by atoms with Crippen LogP contribution in [-0.2, 0) is 30.4 Å². The van der Waals surface area contributed by atoms with Crippen molar-refractivity contribution in [1.29, 1.82) is 0 Å². The molecule has 1 heterocycles. The first-order valence-electron chi connectivity index (χ1n) is 9.72. The lowest BCUT2D eigenvalue weighted by molar-refractivity contribution is -0.143. The van der Waals surface area contributed by atoms with Gasteiger partial charge in [-0.3, -0.25) is 24.0 Å². The van der Waals surface area contributed by atoms with Crippen molar-refractivity contribution < 1.29 is 34.2 Å². The first-order valence-corrected chi connectivity index (χ1v) is 9.72. The Morgan fingerprint density at radius 2 is 1.66 bits per heavy atom. The van der Waals surface area contributed by atoms with Gasteiger partial charge in [-0.05, 0) is 18.6 Å². The standard InChI is InChI=1S/C20H25N5O7/c1-10(20(31)32)23-18(29)15(7-17(27)28)25-19(30)14(24-16(26)8-21)6-11-9-22-13-5-3-2-4-12(11)13/h2-5,9-10,14-15,22H,6-8,21H2,1H3,(H,23,29)(H,24,26)(H,25,30)(H,27,28)(H,31,32). The van der Waals surface area contributed by atoms with E-state index in [0.29, 0.717) is 5.56 Å². The zero-order valence-electron chi connectivity index (χ0n) is 17.3. The lowest BCUT2D eigenvalue weighted by Crippen LogP contribution is -2.56. The summed E-state index contributed by atoms with van der Waals surface area (Å²) < 4.78 is 0. The summed E-state index contributed by atoms with van der Waals surface area (Å²) in [6.07, 6.45) is 0.929. The number of aromatic amines is 1. The molecule has 12 heteroatoms. The van der Waals surface area contributed by atoms with E-state index in [1.165, 1.54) is 6.92 Å². The fraction of sp³-hybridized carbons (Fsp3) is 0.350. The molecular formula is C20H25N5O7. The maximum absolute atomic E-state index is 12.9. The van der Waals surface area contributed by atoms with Crippen LogP contribution >= 0.6 is 0 Å².